The van der Waals surface area contributed by atoms with E-state index in [2.05, 4.69) is 503 Å². The van der Waals surface area contributed by atoms with Crippen LogP contribution in [-0.2, 0) is 0 Å². The highest BCUT2D eigenvalue weighted by Gasteiger charge is 2.26. The van der Waals surface area contributed by atoms with Crippen LogP contribution in [-0.4, -0.2) is 0 Å². The van der Waals surface area contributed by atoms with Gasteiger partial charge in [0, 0.05) is 132 Å². The smallest absolute Gasteiger partial charge is 0.0488 e. The molecule has 0 bridgehead atoms. The number of para-hydroxylation sites is 12. The van der Waals surface area contributed by atoms with Gasteiger partial charge >= 0.3 is 0 Å². The number of hydrogen-bond donors (Lipinski definition) is 0. The van der Waals surface area contributed by atoms with Gasteiger partial charge in [-0.15, -0.1) is 34.0 Å². The summed E-state index contributed by atoms with van der Waals surface area (Å²) in [4.78, 5) is 21.1. The molecule has 0 saturated heterocycles. The minimum atomic E-state index is 1.04. The second kappa shape index (κ2) is 33.6. The lowest BCUT2D eigenvalue weighted by Gasteiger charge is -2.30. The van der Waals surface area contributed by atoms with Gasteiger partial charge in [-0.3, -0.25) is 0 Å². The number of rotatable bonds is 24. The lowest BCUT2D eigenvalue weighted by atomic mass is 10.0. The van der Waals surface area contributed by atoms with Crippen molar-refractivity contribution in [1.82, 2.24) is 0 Å². The van der Waals surface area contributed by atoms with Crippen LogP contribution >= 0.6 is 34.0 Å². The molecule has 0 amide bonds. The first kappa shape index (κ1) is 72.6. The molecule has 16 aromatic carbocycles. The number of benzene rings is 16. The molecule has 117 heavy (non-hydrogen) atoms. The molecule has 0 atom stereocenters. The Balaban J connectivity index is 0.792. The summed E-state index contributed by atoms with van der Waals surface area (Å²) in [5, 5.41) is 0. The summed E-state index contributed by atoms with van der Waals surface area (Å²) in [5.41, 5.74) is 25.7. The molecule has 0 fully saturated rings. The maximum Gasteiger partial charge on any atom is 0.0488 e. The van der Waals surface area contributed by atoms with E-state index in [9.17, 15) is 0 Å². The predicted molar refractivity (Wildman–Crippen MR) is 501 cm³/mol. The fourth-order valence-electron chi connectivity index (χ4n) is 15.6. The summed E-state index contributed by atoms with van der Waals surface area (Å²) in [5.74, 6) is 0. The largest absolute Gasteiger partial charge is 0.310 e. The highest BCUT2D eigenvalue weighted by Crippen LogP contribution is 2.52. The van der Waals surface area contributed by atoms with Gasteiger partial charge in [0.15, 0.2) is 0 Å². The number of thiophene rings is 3. The monoisotopic (exact) mass is 1550 g/mol. The van der Waals surface area contributed by atoms with E-state index in [0.717, 1.165) is 165 Å². The summed E-state index contributed by atoms with van der Waals surface area (Å²) >= 11 is 5.49. The van der Waals surface area contributed by atoms with Crippen LogP contribution in [0.1, 0.15) is 0 Å². The normalized spacial score (nSPS) is 11.1. The average molecular weight is 1560 g/mol. The van der Waals surface area contributed by atoms with Crippen molar-refractivity contribution in [2.45, 2.75) is 0 Å². The van der Waals surface area contributed by atoms with Gasteiger partial charge in [-0.25, -0.2) is 0 Å². The van der Waals surface area contributed by atoms with E-state index in [1.54, 1.807) is 0 Å². The summed E-state index contributed by atoms with van der Waals surface area (Å²) in [6, 6.07) is 171. The fourth-order valence-corrected chi connectivity index (χ4v) is 18.5. The zero-order chi connectivity index (χ0) is 78.1. The molecule has 6 nitrogen and oxygen atoms in total. The lowest BCUT2D eigenvalue weighted by molar-refractivity contribution is 1.25. The number of anilines is 18. The molecule has 558 valence electrons. The molecule has 3 aromatic heterocycles. The Labute approximate surface area is 696 Å². The molecule has 3 heterocycles. The van der Waals surface area contributed by atoms with Crippen LogP contribution in [0.4, 0.5) is 102 Å². The second-order valence-corrected chi connectivity index (χ2v) is 31.8. The van der Waals surface area contributed by atoms with Crippen molar-refractivity contribution < 1.29 is 0 Å². The Hall–Kier alpha value is -14.6. The van der Waals surface area contributed by atoms with Gasteiger partial charge in [0.2, 0.25) is 0 Å². The van der Waals surface area contributed by atoms with Gasteiger partial charge in [-0.1, -0.05) is 218 Å². The van der Waals surface area contributed by atoms with Crippen molar-refractivity contribution in [2.24, 2.45) is 0 Å². The average Bonchev–Trinajstić information content (AvgIpc) is 1.75. The number of hydrogen-bond acceptors (Lipinski definition) is 9. The van der Waals surface area contributed by atoms with Crippen LogP contribution in [0.5, 0.6) is 0 Å². The molecule has 0 aliphatic rings. The standard InChI is InChI=1S/C108H78N6S3/c1-13-37-85(38-14-1)109(86-39-15-2-16-40-86)97-70-82(71-98(76-97)110(87-41-17-3-18-42-87)88-43-19-4-20-44-88)106-64-61-103(115-106)79-67-80(104-62-65-107(116-104)83-72-99(111(89-45-21-5-22-46-89)90-47-23-6-24-48-90)77-100(73-83)112(91-49-25-7-26-50-91)92-51-27-8-28-52-92)69-81(68-79)105-63-66-108(117-105)84-74-101(113(93-53-29-9-30-54-93)94-55-31-10-32-56-94)78-102(75-84)114(95-57-33-11-34-58-95)96-59-35-12-36-60-96/h1-78H. The van der Waals surface area contributed by atoms with Crippen LogP contribution in [0.25, 0.3) is 62.6 Å². The summed E-state index contributed by atoms with van der Waals surface area (Å²) in [7, 11) is 0. The van der Waals surface area contributed by atoms with Crippen LogP contribution in [0.15, 0.2) is 473 Å². The van der Waals surface area contributed by atoms with Crippen molar-refractivity contribution in [2.75, 3.05) is 29.4 Å². The highest BCUT2D eigenvalue weighted by molar-refractivity contribution is 7.20. The van der Waals surface area contributed by atoms with Gasteiger partial charge in [0.1, 0.15) is 0 Å². The fraction of sp³-hybridized carbons (Fsp3) is 0. The Kier molecular flexibility index (Phi) is 20.9. The van der Waals surface area contributed by atoms with E-state index in [1.807, 2.05) is 34.0 Å². The van der Waals surface area contributed by atoms with Crippen molar-refractivity contribution in [3.8, 4) is 62.6 Å². The third-order valence-corrected chi connectivity index (χ3v) is 24.4. The van der Waals surface area contributed by atoms with Gasteiger partial charge < -0.3 is 29.4 Å². The summed E-state index contributed by atoms with van der Waals surface area (Å²) in [6.07, 6.45) is 0. The van der Waals surface area contributed by atoms with Crippen molar-refractivity contribution in [1.29, 1.82) is 0 Å². The molecule has 0 radical (unpaired) electrons. The first-order chi connectivity index (χ1) is 58.0. The van der Waals surface area contributed by atoms with Crippen molar-refractivity contribution in [3.05, 3.63) is 473 Å². The third kappa shape index (κ3) is 15.7. The Morgan fingerprint density at radius 2 is 0.214 bits per heavy atom. The molecule has 0 aliphatic heterocycles. The van der Waals surface area contributed by atoms with Gasteiger partial charge in [-0.05, 0) is 288 Å². The lowest BCUT2D eigenvalue weighted by Crippen LogP contribution is -2.13. The van der Waals surface area contributed by atoms with Gasteiger partial charge in [0.05, 0.1) is 0 Å². The number of nitrogens with zero attached hydrogens (tertiary/aromatic N) is 6. The first-order valence-corrected chi connectivity index (χ1v) is 41.8. The molecule has 0 unspecified atom stereocenters. The minimum Gasteiger partial charge on any atom is -0.310 e. The minimum absolute atomic E-state index is 1.04. The molecule has 0 spiro atoms. The first-order valence-electron chi connectivity index (χ1n) is 39.3. The molecule has 9 heteroatoms. The molecule has 0 saturated carbocycles. The zero-order valence-corrected chi connectivity index (χ0v) is 66.4. The molecule has 19 aromatic rings. The maximum atomic E-state index is 2.42. The predicted octanol–water partition coefficient (Wildman–Crippen LogP) is 32.7. The van der Waals surface area contributed by atoms with Crippen LogP contribution < -0.4 is 29.4 Å². The van der Waals surface area contributed by atoms with Gasteiger partial charge in [0.25, 0.3) is 0 Å². The molecular weight excluding hydrogens is 1480 g/mol. The van der Waals surface area contributed by atoms with Crippen molar-refractivity contribution in [3.63, 3.8) is 0 Å². The topological polar surface area (TPSA) is 19.4 Å². The van der Waals surface area contributed by atoms with Crippen LogP contribution in [0, 0.1) is 0 Å². The van der Waals surface area contributed by atoms with Crippen molar-refractivity contribution >= 4 is 136 Å². The van der Waals surface area contributed by atoms with Crippen LogP contribution in [0.3, 0.4) is 0 Å². The zero-order valence-electron chi connectivity index (χ0n) is 63.9. The highest BCUT2D eigenvalue weighted by atomic mass is 32.1. The SMILES string of the molecule is c1ccc(N(c2ccccc2)c2cc(-c3ccc(-c4cc(-c5ccc(-c6cc(N(c7ccccc7)c7ccccc7)cc(N(c7ccccc7)c7ccccc7)c6)s5)cc(-c5ccc(-c6cc(N(c7ccccc7)c7ccccc7)cc(N(c7ccccc7)c7ccccc7)c6)s5)c4)s3)cc(N(c3ccccc3)c3ccccc3)c2)cc1. The van der Waals surface area contributed by atoms with E-state index >= 15 is 0 Å². The molecular formula is C108H78N6S3. The maximum absolute atomic E-state index is 2.42. The third-order valence-electron chi connectivity index (χ3n) is 20.9. The van der Waals surface area contributed by atoms with Crippen LogP contribution in [0.2, 0.25) is 0 Å². The summed E-state index contributed by atoms with van der Waals surface area (Å²) in [6.45, 7) is 0. The van der Waals surface area contributed by atoms with E-state index < -0.39 is 0 Å². The second-order valence-electron chi connectivity index (χ2n) is 28.5. The summed E-state index contributed by atoms with van der Waals surface area (Å²) < 4.78 is 0. The molecule has 0 aliphatic carbocycles. The Bertz CT molecular complexity index is 5310. The molecule has 0 N–H and O–H groups in total. The molecule has 19 rings (SSSR count). The van der Waals surface area contributed by atoms with Gasteiger partial charge in [-0.2, -0.15) is 0 Å². The van der Waals surface area contributed by atoms with E-state index in [1.165, 1.54) is 0 Å². The van der Waals surface area contributed by atoms with E-state index in [-0.39, 0.29) is 0 Å². The Morgan fingerprint density at radius 3 is 0.333 bits per heavy atom. The Morgan fingerprint density at radius 1 is 0.103 bits per heavy atom. The quantitative estimate of drug-likeness (QED) is 0.0596. The van der Waals surface area contributed by atoms with E-state index in [4.69, 9.17) is 0 Å². The van der Waals surface area contributed by atoms with E-state index in [0.29, 0.717) is 0 Å².